The first-order valence-electron chi connectivity index (χ1n) is 6.78. The molecule has 1 amide bonds. The predicted octanol–water partition coefficient (Wildman–Crippen LogP) is 1.49. The van der Waals surface area contributed by atoms with Gasteiger partial charge in [0.05, 0.1) is 0 Å². The van der Waals surface area contributed by atoms with Crippen molar-refractivity contribution in [3.05, 3.63) is 11.6 Å². The molecule has 3 rings (SSSR count). The summed E-state index contributed by atoms with van der Waals surface area (Å²) in [5.74, 6) is 1.57. The van der Waals surface area contributed by atoms with Gasteiger partial charge < -0.3 is 9.47 Å². The summed E-state index contributed by atoms with van der Waals surface area (Å²) in [5.41, 5.74) is 0.232. The molecule has 0 radical (unpaired) electrons. The van der Waals surface area contributed by atoms with Crippen LogP contribution in [0.1, 0.15) is 49.6 Å². The second-order valence-electron chi connectivity index (χ2n) is 6.19. The van der Waals surface area contributed by atoms with Gasteiger partial charge in [-0.1, -0.05) is 13.8 Å². The second-order valence-corrected chi connectivity index (χ2v) is 6.19. The van der Waals surface area contributed by atoms with Crippen LogP contribution in [-0.2, 0) is 13.0 Å². The maximum Gasteiger partial charge on any atom is 0.291 e. The first-order chi connectivity index (χ1) is 8.57. The fourth-order valence-corrected chi connectivity index (χ4v) is 2.86. The first kappa shape index (κ1) is 11.7. The summed E-state index contributed by atoms with van der Waals surface area (Å²) in [6, 6.07) is 0. The molecule has 5 nitrogen and oxygen atoms in total. The zero-order valence-electron chi connectivity index (χ0n) is 11.1. The molecule has 0 spiro atoms. The molecule has 0 bridgehead atoms. The van der Waals surface area contributed by atoms with Gasteiger partial charge in [0.25, 0.3) is 5.91 Å². The Hall–Kier alpha value is -1.39. The SMILES string of the molecule is CC1(C)CCc2nnc(C(=O)N3CCCC3)n2C1. The van der Waals surface area contributed by atoms with E-state index in [1.54, 1.807) is 0 Å². The molecule has 0 aromatic carbocycles. The molecule has 0 unspecified atom stereocenters. The molecule has 1 fully saturated rings. The third kappa shape index (κ3) is 1.91. The molecule has 18 heavy (non-hydrogen) atoms. The third-order valence-electron chi connectivity index (χ3n) is 4.02. The Morgan fingerprint density at radius 2 is 1.94 bits per heavy atom. The third-order valence-corrected chi connectivity index (χ3v) is 4.02. The zero-order chi connectivity index (χ0) is 12.8. The number of hydrogen-bond donors (Lipinski definition) is 0. The van der Waals surface area contributed by atoms with Crippen molar-refractivity contribution >= 4 is 5.91 Å². The number of aryl methyl sites for hydroxylation is 1. The Labute approximate surface area is 107 Å². The molecule has 1 saturated heterocycles. The van der Waals surface area contributed by atoms with Gasteiger partial charge in [-0.15, -0.1) is 10.2 Å². The molecule has 2 aliphatic rings. The van der Waals surface area contributed by atoms with E-state index in [9.17, 15) is 4.79 Å². The number of amides is 1. The number of rotatable bonds is 1. The summed E-state index contributed by atoms with van der Waals surface area (Å²) in [6.45, 7) is 7.05. The number of aromatic nitrogens is 3. The maximum absolute atomic E-state index is 12.4. The lowest BCUT2D eigenvalue weighted by atomic mass is 9.85. The quantitative estimate of drug-likeness (QED) is 0.756. The minimum atomic E-state index is 0.0592. The average molecular weight is 248 g/mol. The fourth-order valence-electron chi connectivity index (χ4n) is 2.86. The van der Waals surface area contributed by atoms with Crippen LogP contribution >= 0.6 is 0 Å². The van der Waals surface area contributed by atoms with Gasteiger partial charge in [-0.05, 0) is 24.7 Å². The van der Waals surface area contributed by atoms with Gasteiger partial charge in [-0.25, -0.2) is 0 Å². The van der Waals surface area contributed by atoms with Crippen LogP contribution in [0, 0.1) is 5.41 Å². The van der Waals surface area contributed by atoms with Gasteiger partial charge in [-0.3, -0.25) is 4.79 Å². The fraction of sp³-hybridized carbons (Fsp3) is 0.769. The van der Waals surface area contributed by atoms with Crippen molar-refractivity contribution in [2.45, 2.75) is 46.1 Å². The van der Waals surface area contributed by atoms with E-state index in [0.717, 1.165) is 51.1 Å². The van der Waals surface area contributed by atoms with E-state index in [1.165, 1.54) is 0 Å². The van der Waals surface area contributed by atoms with Crippen molar-refractivity contribution in [3.8, 4) is 0 Å². The summed E-state index contributed by atoms with van der Waals surface area (Å²) in [6.07, 6.45) is 4.26. The topological polar surface area (TPSA) is 51.0 Å². The Bertz CT molecular complexity index is 471. The van der Waals surface area contributed by atoms with E-state index >= 15 is 0 Å². The van der Waals surface area contributed by atoms with Gasteiger partial charge in [0.1, 0.15) is 5.82 Å². The van der Waals surface area contributed by atoms with Gasteiger partial charge in [-0.2, -0.15) is 0 Å². The number of hydrogen-bond acceptors (Lipinski definition) is 3. The van der Waals surface area contributed by atoms with Crippen molar-refractivity contribution < 1.29 is 4.79 Å². The van der Waals surface area contributed by atoms with Crippen molar-refractivity contribution in [2.75, 3.05) is 13.1 Å². The van der Waals surface area contributed by atoms with Gasteiger partial charge in [0.15, 0.2) is 0 Å². The van der Waals surface area contributed by atoms with Crippen LogP contribution in [0.5, 0.6) is 0 Å². The van der Waals surface area contributed by atoms with Crippen molar-refractivity contribution in [1.29, 1.82) is 0 Å². The number of carbonyl (C=O) groups excluding carboxylic acids is 1. The van der Waals surface area contributed by atoms with Crippen LogP contribution in [0.2, 0.25) is 0 Å². The second kappa shape index (κ2) is 4.07. The van der Waals surface area contributed by atoms with Gasteiger partial charge in [0, 0.05) is 26.1 Å². The maximum atomic E-state index is 12.4. The summed E-state index contributed by atoms with van der Waals surface area (Å²) in [7, 11) is 0. The number of nitrogens with zero attached hydrogens (tertiary/aromatic N) is 4. The average Bonchev–Trinajstić information content (AvgIpc) is 2.95. The van der Waals surface area contributed by atoms with Crippen molar-refractivity contribution in [2.24, 2.45) is 5.41 Å². The molecular formula is C13H20N4O. The lowest BCUT2D eigenvalue weighted by Crippen LogP contribution is -2.34. The summed E-state index contributed by atoms with van der Waals surface area (Å²) < 4.78 is 2.03. The summed E-state index contributed by atoms with van der Waals surface area (Å²) in [4.78, 5) is 14.3. The van der Waals surface area contributed by atoms with Crippen molar-refractivity contribution in [1.82, 2.24) is 19.7 Å². The molecule has 0 N–H and O–H groups in total. The molecule has 1 aromatic heterocycles. The smallest absolute Gasteiger partial charge is 0.291 e. The first-order valence-corrected chi connectivity index (χ1v) is 6.78. The van der Waals surface area contributed by atoms with Crippen LogP contribution in [0.4, 0.5) is 0 Å². The summed E-state index contributed by atoms with van der Waals surface area (Å²) >= 11 is 0. The molecule has 98 valence electrons. The van der Waals surface area contributed by atoms with Crippen LogP contribution in [0.3, 0.4) is 0 Å². The Kier molecular flexibility index (Phi) is 2.64. The highest BCUT2D eigenvalue weighted by molar-refractivity contribution is 5.91. The monoisotopic (exact) mass is 248 g/mol. The number of carbonyl (C=O) groups is 1. The molecular weight excluding hydrogens is 228 g/mol. The highest BCUT2D eigenvalue weighted by Crippen LogP contribution is 2.30. The van der Waals surface area contributed by atoms with Crippen LogP contribution in [0.25, 0.3) is 0 Å². The molecule has 5 heteroatoms. The van der Waals surface area contributed by atoms with E-state index in [-0.39, 0.29) is 11.3 Å². The van der Waals surface area contributed by atoms with E-state index in [4.69, 9.17) is 0 Å². The van der Waals surface area contributed by atoms with Crippen LogP contribution in [0.15, 0.2) is 0 Å². The van der Waals surface area contributed by atoms with Gasteiger partial charge >= 0.3 is 0 Å². The minimum absolute atomic E-state index is 0.0592. The lowest BCUT2D eigenvalue weighted by Gasteiger charge is -2.31. The predicted molar refractivity (Wildman–Crippen MR) is 67.3 cm³/mol. The lowest BCUT2D eigenvalue weighted by molar-refractivity contribution is 0.0769. The van der Waals surface area contributed by atoms with Crippen LogP contribution < -0.4 is 0 Å². The Morgan fingerprint density at radius 1 is 1.22 bits per heavy atom. The largest absolute Gasteiger partial charge is 0.336 e. The zero-order valence-corrected chi connectivity index (χ0v) is 11.1. The molecule has 0 atom stereocenters. The number of fused-ring (bicyclic) bond motifs is 1. The molecule has 3 heterocycles. The van der Waals surface area contributed by atoms with Gasteiger partial charge in [0.2, 0.25) is 5.82 Å². The Morgan fingerprint density at radius 3 is 2.67 bits per heavy atom. The number of likely N-dealkylation sites (tertiary alicyclic amines) is 1. The van der Waals surface area contributed by atoms with Crippen molar-refractivity contribution in [3.63, 3.8) is 0 Å². The standard InChI is InChI=1S/C13H20N4O/c1-13(2)6-5-10-14-15-11(17(10)9-13)12(18)16-7-3-4-8-16/h3-9H2,1-2H3. The molecule has 1 aromatic rings. The molecule has 2 aliphatic heterocycles. The molecule has 0 aliphatic carbocycles. The van der Waals surface area contributed by atoms with E-state index in [0.29, 0.717) is 5.82 Å². The normalized spacial score (nSPS) is 22.0. The molecule has 0 saturated carbocycles. The van der Waals surface area contributed by atoms with Crippen LogP contribution in [-0.4, -0.2) is 38.7 Å². The summed E-state index contributed by atoms with van der Waals surface area (Å²) in [5, 5.41) is 8.31. The highest BCUT2D eigenvalue weighted by Gasteiger charge is 2.32. The van der Waals surface area contributed by atoms with E-state index in [2.05, 4.69) is 24.0 Å². The Balaban J connectivity index is 1.89. The van der Waals surface area contributed by atoms with E-state index in [1.807, 2.05) is 9.47 Å². The minimum Gasteiger partial charge on any atom is -0.336 e. The highest BCUT2D eigenvalue weighted by atomic mass is 16.2. The van der Waals surface area contributed by atoms with E-state index < -0.39 is 0 Å².